The van der Waals surface area contributed by atoms with Crippen molar-refractivity contribution in [1.29, 1.82) is 0 Å². The van der Waals surface area contributed by atoms with Crippen molar-refractivity contribution in [2.75, 3.05) is 25.5 Å². The molecule has 0 fully saturated rings. The number of hydrogen-bond acceptors (Lipinski definition) is 2. The summed E-state index contributed by atoms with van der Waals surface area (Å²) < 4.78 is 2.43. The minimum Gasteiger partial charge on any atom is -0.378 e. The Balaban J connectivity index is 1.45. The van der Waals surface area contributed by atoms with Crippen molar-refractivity contribution in [3.8, 4) is 0 Å². The number of aromatic nitrogens is 1. The molecule has 3 nitrogen and oxygen atoms in total. The Labute approximate surface area is 156 Å². The summed E-state index contributed by atoms with van der Waals surface area (Å²) in [6.07, 6.45) is 8.48. The third-order valence-corrected chi connectivity index (χ3v) is 5.57. The molecule has 3 heteroatoms. The zero-order valence-corrected chi connectivity index (χ0v) is 16.0. The monoisotopic (exact) mass is 347 g/mol. The molecule has 1 aliphatic rings. The first-order valence-corrected chi connectivity index (χ1v) is 9.80. The number of anilines is 1. The maximum atomic E-state index is 3.65. The van der Waals surface area contributed by atoms with E-state index in [1.807, 2.05) is 0 Å². The van der Waals surface area contributed by atoms with Crippen LogP contribution >= 0.6 is 0 Å². The highest BCUT2D eigenvalue weighted by Gasteiger charge is 2.19. The largest absolute Gasteiger partial charge is 0.378 e. The molecular weight excluding hydrogens is 318 g/mol. The van der Waals surface area contributed by atoms with Crippen molar-refractivity contribution in [3.63, 3.8) is 0 Å². The average Bonchev–Trinajstić information content (AvgIpc) is 3.00. The third-order valence-electron chi connectivity index (χ3n) is 5.57. The lowest BCUT2D eigenvalue weighted by molar-refractivity contribution is 0.656. The van der Waals surface area contributed by atoms with E-state index in [9.17, 15) is 0 Å². The van der Waals surface area contributed by atoms with Gasteiger partial charge in [0.2, 0.25) is 0 Å². The lowest BCUT2D eigenvalue weighted by atomic mass is 9.93. The molecule has 4 rings (SSSR count). The Hall–Kier alpha value is -2.26. The highest BCUT2D eigenvalue weighted by molar-refractivity contribution is 5.62. The van der Waals surface area contributed by atoms with Crippen molar-refractivity contribution < 1.29 is 0 Å². The van der Waals surface area contributed by atoms with E-state index in [0.29, 0.717) is 0 Å². The fourth-order valence-corrected chi connectivity index (χ4v) is 4.23. The van der Waals surface area contributed by atoms with Crippen LogP contribution in [0.2, 0.25) is 0 Å². The predicted molar refractivity (Wildman–Crippen MR) is 110 cm³/mol. The summed E-state index contributed by atoms with van der Waals surface area (Å²) in [4.78, 5) is 2.16. The van der Waals surface area contributed by atoms with Gasteiger partial charge in [-0.3, -0.25) is 0 Å². The lowest BCUT2D eigenvalue weighted by Crippen LogP contribution is -2.18. The average molecular weight is 348 g/mol. The van der Waals surface area contributed by atoms with Crippen molar-refractivity contribution >= 4 is 11.2 Å². The van der Waals surface area contributed by atoms with E-state index in [0.717, 1.165) is 19.5 Å². The minimum atomic E-state index is 0.926. The number of benzene rings is 1. The second-order valence-corrected chi connectivity index (χ2v) is 7.56. The molecule has 2 aromatic heterocycles. The van der Waals surface area contributed by atoms with Crippen LogP contribution in [0.4, 0.5) is 5.69 Å². The first-order chi connectivity index (χ1) is 12.7. The summed E-state index contributed by atoms with van der Waals surface area (Å²) in [7, 11) is 4.18. The molecule has 0 unspecified atom stereocenters. The Morgan fingerprint density at radius 1 is 1.04 bits per heavy atom. The van der Waals surface area contributed by atoms with Gasteiger partial charge in [0.15, 0.2) is 0 Å². The van der Waals surface area contributed by atoms with Crippen LogP contribution in [0.1, 0.15) is 35.2 Å². The SMILES string of the molecule is CN(C)c1cccc(CNCCc2c3c(n4ccccc24)CCCC3)c1. The topological polar surface area (TPSA) is 19.7 Å². The van der Waals surface area contributed by atoms with E-state index >= 15 is 0 Å². The Bertz CT molecular complexity index is 892. The van der Waals surface area contributed by atoms with Crippen LogP contribution in [-0.2, 0) is 25.8 Å². The molecule has 0 aliphatic heterocycles. The van der Waals surface area contributed by atoms with Crippen LogP contribution in [0, 0.1) is 0 Å². The third kappa shape index (κ3) is 3.36. The van der Waals surface area contributed by atoms with E-state index in [4.69, 9.17) is 0 Å². The van der Waals surface area contributed by atoms with Gasteiger partial charge in [-0.05, 0) is 79.6 Å². The highest BCUT2D eigenvalue weighted by atomic mass is 15.1. The van der Waals surface area contributed by atoms with Crippen LogP contribution < -0.4 is 10.2 Å². The molecule has 0 spiro atoms. The molecule has 1 N–H and O–H groups in total. The number of nitrogens with one attached hydrogen (secondary N) is 1. The molecule has 1 aliphatic carbocycles. The number of hydrogen-bond donors (Lipinski definition) is 1. The summed E-state index contributed by atoms with van der Waals surface area (Å²) in [6.45, 7) is 1.95. The van der Waals surface area contributed by atoms with Gasteiger partial charge in [0.1, 0.15) is 0 Å². The Kier molecular flexibility index (Phi) is 4.98. The zero-order valence-electron chi connectivity index (χ0n) is 16.0. The number of nitrogens with zero attached hydrogens (tertiary/aromatic N) is 2. The van der Waals surface area contributed by atoms with Gasteiger partial charge < -0.3 is 14.6 Å². The quantitative estimate of drug-likeness (QED) is 0.674. The smallest absolute Gasteiger partial charge is 0.0488 e. The predicted octanol–water partition coefficient (Wildman–Crippen LogP) is 4.22. The van der Waals surface area contributed by atoms with Crippen molar-refractivity contribution in [3.05, 3.63) is 71.0 Å². The molecule has 0 radical (unpaired) electrons. The first-order valence-electron chi connectivity index (χ1n) is 9.80. The first kappa shape index (κ1) is 17.2. The Morgan fingerprint density at radius 3 is 2.81 bits per heavy atom. The second-order valence-electron chi connectivity index (χ2n) is 7.56. The molecule has 2 heterocycles. The molecule has 26 heavy (non-hydrogen) atoms. The van der Waals surface area contributed by atoms with Crippen molar-refractivity contribution in [1.82, 2.24) is 9.72 Å². The van der Waals surface area contributed by atoms with E-state index in [1.165, 1.54) is 42.5 Å². The fraction of sp³-hybridized carbons (Fsp3) is 0.391. The summed E-state index contributed by atoms with van der Waals surface area (Å²) in [5.41, 5.74) is 8.77. The van der Waals surface area contributed by atoms with E-state index in [-0.39, 0.29) is 0 Å². The summed E-state index contributed by atoms with van der Waals surface area (Å²) in [6, 6.07) is 15.4. The molecule has 3 aromatic rings. The number of pyridine rings is 1. The zero-order chi connectivity index (χ0) is 17.9. The van der Waals surface area contributed by atoms with E-state index in [1.54, 1.807) is 16.8 Å². The van der Waals surface area contributed by atoms with Gasteiger partial charge in [0, 0.05) is 43.7 Å². The van der Waals surface area contributed by atoms with Crippen molar-refractivity contribution in [2.45, 2.75) is 38.6 Å². The van der Waals surface area contributed by atoms with Crippen molar-refractivity contribution in [2.24, 2.45) is 0 Å². The van der Waals surface area contributed by atoms with Crippen LogP contribution in [0.3, 0.4) is 0 Å². The highest BCUT2D eigenvalue weighted by Crippen LogP contribution is 2.30. The normalized spacial score (nSPS) is 13.8. The molecule has 136 valence electrons. The van der Waals surface area contributed by atoms with Crippen LogP contribution in [-0.4, -0.2) is 25.0 Å². The summed E-state index contributed by atoms with van der Waals surface area (Å²) in [5.74, 6) is 0. The molecular formula is C23H29N3. The van der Waals surface area contributed by atoms with Crippen LogP contribution in [0.5, 0.6) is 0 Å². The minimum absolute atomic E-state index is 0.926. The van der Waals surface area contributed by atoms with E-state index < -0.39 is 0 Å². The molecule has 0 saturated carbocycles. The molecule has 1 aromatic carbocycles. The second kappa shape index (κ2) is 7.55. The number of rotatable bonds is 6. The summed E-state index contributed by atoms with van der Waals surface area (Å²) in [5, 5.41) is 3.65. The van der Waals surface area contributed by atoms with Gasteiger partial charge in [0.05, 0.1) is 0 Å². The van der Waals surface area contributed by atoms with Gasteiger partial charge in [-0.15, -0.1) is 0 Å². The maximum Gasteiger partial charge on any atom is 0.0488 e. The number of aryl methyl sites for hydroxylation is 1. The maximum absolute atomic E-state index is 3.65. The van der Waals surface area contributed by atoms with Crippen LogP contribution in [0.15, 0.2) is 48.7 Å². The molecule has 0 bridgehead atoms. The van der Waals surface area contributed by atoms with Gasteiger partial charge in [-0.2, -0.15) is 0 Å². The van der Waals surface area contributed by atoms with E-state index in [2.05, 4.69) is 77.4 Å². The summed E-state index contributed by atoms with van der Waals surface area (Å²) >= 11 is 0. The van der Waals surface area contributed by atoms with Crippen LogP contribution in [0.25, 0.3) is 5.52 Å². The molecule has 0 saturated heterocycles. The van der Waals surface area contributed by atoms with Gasteiger partial charge in [0.25, 0.3) is 0 Å². The standard InChI is InChI=1S/C23H29N3/c1-25(2)19-9-7-8-18(16-19)17-24-14-13-21-20-10-3-4-11-22(20)26-15-6-5-12-23(21)26/h5-9,12,15-16,24H,3-4,10-11,13-14,17H2,1-2H3. The van der Waals surface area contributed by atoms with Gasteiger partial charge >= 0.3 is 0 Å². The fourth-order valence-electron chi connectivity index (χ4n) is 4.23. The lowest BCUT2D eigenvalue weighted by Gasteiger charge is -2.14. The molecule has 0 amide bonds. The Morgan fingerprint density at radius 2 is 1.92 bits per heavy atom. The number of fused-ring (bicyclic) bond motifs is 3. The van der Waals surface area contributed by atoms with Gasteiger partial charge in [-0.25, -0.2) is 0 Å². The van der Waals surface area contributed by atoms with Gasteiger partial charge in [-0.1, -0.05) is 18.2 Å². The molecule has 0 atom stereocenters.